The molecule has 0 saturated heterocycles. The largest absolute Gasteiger partial charge is 0.326 e. The topological polar surface area (TPSA) is 78.5 Å². The van der Waals surface area contributed by atoms with Crippen molar-refractivity contribution in [1.82, 2.24) is 9.62 Å². The summed E-state index contributed by atoms with van der Waals surface area (Å²) < 4.78 is 26.8. The molecule has 0 aliphatic carbocycles. The van der Waals surface area contributed by atoms with Crippen molar-refractivity contribution in [3.63, 3.8) is 0 Å². The Morgan fingerprint density at radius 3 is 2.28 bits per heavy atom. The highest BCUT2D eigenvalue weighted by Gasteiger charge is 2.23. The molecule has 0 spiro atoms. The molecule has 8 heteroatoms. The average molecular weight is 392 g/mol. The fraction of sp³-hybridized carbons (Fsp3) is 0.588. The van der Waals surface area contributed by atoms with Gasteiger partial charge in [0.1, 0.15) is 0 Å². The first-order valence-corrected chi connectivity index (χ1v) is 9.77. The number of rotatable bonds is 9. The molecule has 0 fully saturated rings. The highest BCUT2D eigenvalue weighted by Crippen LogP contribution is 2.26. The number of amides is 1. The Bertz CT molecular complexity index is 674. The second-order valence-electron chi connectivity index (χ2n) is 5.76. The first-order valence-electron chi connectivity index (χ1n) is 8.33. The van der Waals surface area contributed by atoms with E-state index in [9.17, 15) is 13.2 Å². The average Bonchev–Trinajstić information content (AvgIpc) is 2.52. The van der Waals surface area contributed by atoms with Gasteiger partial charge in [-0.3, -0.25) is 4.79 Å². The zero-order valence-electron chi connectivity index (χ0n) is 15.7. The SMILES string of the molecule is CCN(CC)S(=O)(=O)c1cc(C)c(C)c(NC(=O)CCCNC)c1.Cl. The summed E-state index contributed by atoms with van der Waals surface area (Å²) >= 11 is 0. The summed E-state index contributed by atoms with van der Waals surface area (Å²) in [4.78, 5) is 12.3. The Labute approximate surface area is 157 Å². The van der Waals surface area contributed by atoms with E-state index >= 15 is 0 Å². The molecule has 0 saturated carbocycles. The molecular formula is C17H30ClN3O3S. The Morgan fingerprint density at radius 1 is 1.16 bits per heavy atom. The Hall–Kier alpha value is -1.15. The number of nitrogens with zero attached hydrogens (tertiary/aromatic N) is 1. The molecule has 1 rings (SSSR count). The summed E-state index contributed by atoms with van der Waals surface area (Å²) in [5.41, 5.74) is 2.29. The van der Waals surface area contributed by atoms with Crippen molar-refractivity contribution < 1.29 is 13.2 Å². The van der Waals surface area contributed by atoms with Crippen molar-refractivity contribution in [3.05, 3.63) is 23.3 Å². The van der Waals surface area contributed by atoms with E-state index in [4.69, 9.17) is 0 Å². The van der Waals surface area contributed by atoms with Gasteiger partial charge in [0.15, 0.2) is 0 Å². The minimum atomic E-state index is -3.55. The van der Waals surface area contributed by atoms with Crippen molar-refractivity contribution in [2.45, 2.75) is 45.4 Å². The number of benzene rings is 1. The maximum absolute atomic E-state index is 12.7. The minimum Gasteiger partial charge on any atom is -0.326 e. The fourth-order valence-electron chi connectivity index (χ4n) is 2.46. The van der Waals surface area contributed by atoms with E-state index in [2.05, 4.69) is 10.6 Å². The number of carbonyl (C=O) groups excluding carboxylic acids is 1. The van der Waals surface area contributed by atoms with Crippen LogP contribution in [-0.2, 0) is 14.8 Å². The lowest BCUT2D eigenvalue weighted by Crippen LogP contribution is -2.30. The molecule has 1 amide bonds. The van der Waals surface area contributed by atoms with Crippen LogP contribution in [-0.4, -0.2) is 45.3 Å². The molecule has 0 aliphatic heterocycles. The van der Waals surface area contributed by atoms with Gasteiger partial charge in [0, 0.05) is 25.2 Å². The normalized spacial score (nSPS) is 11.3. The molecule has 6 nitrogen and oxygen atoms in total. The summed E-state index contributed by atoms with van der Waals surface area (Å²) in [6.45, 7) is 8.95. The van der Waals surface area contributed by atoms with Gasteiger partial charge in [0.25, 0.3) is 0 Å². The molecule has 1 aromatic carbocycles. The lowest BCUT2D eigenvalue weighted by molar-refractivity contribution is -0.116. The molecule has 2 N–H and O–H groups in total. The van der Waals surface area contributed by atoms with Gasteiger partial charge in [-0.25, -0.2) is 8.42 Å². The standard InChI is InChI=1S/C17H29N3O3S.ClH/c1-6-20(7-2)24(22,23)15-11-13(3)14(4)16(12-15)19-17(21)9-8-10-18-5;/h11-12,18H,6-10H2,1-5H3,(H,19,21);1H. The second-order valence-corrected chi connectivity index (χ2v) is 7.70. The molecule has 0 radical (unpaired) electrons. The molecule has 0 heterocycles. The van der Waals surface area contributed by atoms with Crippen LogP contribution in [0.2, 0.25) is 0 Å². The number of anilines is 1. The lowest BCUT2D eigenvalue weighted by atomic mass is 10.1. The molecule has 144 valence electrons. The number of sulfonamides is 1. The van der Waals surface area contributed by atoms with Crippen molar-refractivity contribution >= 4 is 34.0 Å². The van der Waals surface area contributed by atoms with Crippen LogP contribution in [0.5, 0.6) is 0 Å². The number of aryl methyl sites for hydroxylation is 1. The predicted octanol–water partition coefficient (Wildman–Crippen LogP) is 2.69. The van der Waals surface area contributed by atoms with Gasteiger partial charge >= 0.3 is 0 Å². The maximum Gasteiger partial charge on any atom is 0.243 e. The number of carbonyl (C=O) groups is 1. The van der Waals surface area contributed by atoms with Gasteiger partial charge in [0.2, 0.25) is 15.9 Å². The summed E-state index contributed by atoms with van der Waals surface area (Å²) in [5, 5.41) is 5.84. The second kappa shape index (κ2) is 10.8. The van der Waals surface area contributed by atoms with Crippen LogP contribution >= 0.6 is 12.4 Å². The van der Waals surface area contributed by atoms with Gasteiger partial charge in [-0.05, 0) is 57.1 Å². The van der Waals surface area contributed by atoms with E-state index in [0.717, 1.165) is 24.1 Å². The van der Waals surface area contributed by atoms with Crippen LogP contribution in [0.25, 0.3) is 0 Å². The summed E-state index contributed by atoms with van der Waals surface area (Å²) in [6.07, 6.45) is 1.13. The van der Waals surface area contributed by atoms with Gasteiger partial charge in [0.05, 0.1) is 4.90 Å². The highest BCUT2D eigenvalue weighted by molar-refractivity contribution is 7.89. The molecule has 0 atom stereocenters. The van der Waals surface area contributed by atoms with Crippen molar-refractivity contribution in [1.29, 1.82) is 0 Å². The molecule has 0 bridgehead atoms. The van der Waals surface area contributed by atoms with Crippen molar-refractivity contribution in [2.24, 2.45) is 0 Å². The third-order valence-corrected chi connectivity index (χ3v) is 6.12. The molecular weight excluding hydrogens is 362 g/mol. The minimum absolute atomic E-state index is 0. The fourth-order valence-corrected chi connectivity index (χ4v) is 4.03. The van der Waals surface area contributed by atoms with Crippen LogP contribution in [0, 0.1) is 13.8 Å². The number of hydrogen-bond acceptors (Lipinski definition) is 4. The van der Waals surface area contributed by atoms with E-state index in [-0.39, 0.29) is 23.2 Å². The van der Waals surface area contributed by atoms with Gasteiger partial charge in [-0.1, -0.05) is 13.8 Å². The summed E-state index contributed by atoms with van der Waals surface area (Å²) in [7, 11) is -1.71. The predicted molar refractivity (Wildman–Crippen MR) is 105 cm³/mol. The van der Waals surface area contributed by atoms with Crippen molar-refractivity contribution in [3.8, 4) is 0 Å². The Kier molecular flexibility index (Phi) is 10.3. The third kappa shape index (κ3) is 6.26. The molecule has 0 aromatic heterocycles. The highest BCUT2D eigenvalue weighted by atomic mass is 35.5. The summed E-state index contributed by atoms with van der Waals surface area (Å²) in [5.74, 6) is -0.106. The third-order valence-electron chi connectivity index (χ3n) is 4.09. The molecule has 0 aliphatic rings. The Morgan fingerprint density at radius 2 is 1.76 bits per heavy atom. The molecule has 25 heavy (non-hydrogen) atoms. The first-order chi connectivity index (χ1) is 11.3. The van der Waals surface area contributed by atoms with Crippen LogP contribution in [0.4, 0.5) is 5.69 Å². The van der Waals surface area contributed by atoms with Crippen LogP contribution in [0.1, 0.15) is 37.8 Å². The van der Waals surface area contributed by atoms with E-state index in [1.54, 1.807) is 12.1 Å². The van der Waals surface area contributed by atoms with Gasteiger partial charge in [-0.15, -0.1) is 12.4 Å². The summed E-state index contributed by atoms with van der Waals surface area (Å²) in [6, 6.07) is 3.23. The lowest BCUT2D eigenvalue weighted by Gasteiger charge is -2.20. The first kappa shape index (κ1) is 23.9. The molecule has 1 aromatic rings. The number of hydrogen-bond donors (Lipinski definition) is 2. The monoisotopic (exact) mass is 391 g/mol. The smallest absolute Gasteiger partial charge is 0.243 e. The Balaban J connectivity index is 0.00000576. The molecule has 0 unspecified atom stereocenters. The van der Waals surface area contributed by atoms with E-state index in [0.29, 0.717) is 25.2 Å². The van der Waals surface area contributed by atoms with Crippen molar-refractivity contribution in [2.75, 3.05) is 32.0 Å². The zero-order valence-corrected chi connectivity index (χ0v) is 17.3. The van der Waals surface area contributed by atoms with Crippen LogP contribution < -0.4 is 10.6 Å². The van der Waals surface area contributed by atoms with Gasteiger partial charge < -0.3 is 10.6 Å². The van der Waals surface area contributed by atoms with E-state index < -0.39 is 10.0 Å². The van der Waals surface area contributed by atoms with E-state index in [1.807, 2.05) is 34.7 Å². The number of halogens is 1. The van der Waals surface area contributed by atoms with Crippen LogP contribution in [0.15, 0.2) is 17.0 Å². The van der Waals surface area contributed by atoms with Gasteiger partial charge in [-0.2, -0.15) is 4.31 Å². The quantitative estimate of drug-likeness (QED) is 0.634. The van der Waals surface area contributed by atoms with E-state index in [1.165, 1.54) is 4.31 Å². The number of nitrogens with one attached hydrogen (secondary N) is 2. The van der Waals surface area contributed by atoms with Crippen LogP contribution in [0.3, 0.4) is 0 Å². The zero-order chi connectivity index (χ0) is 18.3. The maximum atomic E-state index is 12.7.